The molecule has 36 heavy (non-hydrogen) atoms. The van der Waals surface area contributed by atoms with Crippen LogP contribution in [0.25, 0.3) is 0 Å². The summed E-state index contributed by atoms with van der Waals surface area (Å²) in [5.74, 6) is 0.303. The molecule has 1 aliphatic heterocycles. The molecule has 2 heterocycles. The van der Waals surface area contributed by atoms with E-state index in [-0.39, 0.29) is 22.8 Å². The topological polar surface area (TPSA) is 57.8 Å². The highest BCUT2D eigenvalue weighted by atomic mass is 32.2. The molecule has 0 spiro atoms. The van der Waals surface area contributed by atoms with Crippen molar-refractivity contribution in [2.24, 2.45) is 12.0 Å². The summed E-state index contributed by atoms with van der Waals surface area (Å²) in [7, 11) is 1.90. The van der Waals surface area contributed by atoms with Crippen molar-refractivity contribution >= 4 is 17.7 Å². The molecule has 0 radical (unpaired) electrons. The lowest BCUT2D eigenvalue weighted by molar-refractivity contribution is -0.137. The van der Waals surface area contributed by atoms with Gasteiger partial charge in [0.2, 0.25) is 0 Å². The first-order valence-corrected chi connectivity index (χ1v) is 13.6. The van der Waals surface area contributed by atoms with Gasteiger partial charge in [-0.1, -0.05) is 20.8 Å². The third kappa shape index (κ3) is 7.18. The van der Waals surface area contributed by atoms with Crippen LogP contribution in [0.1, 0.15) is 68.1 Å². The van der Waals surface area contributed by atoms with Gasteiger partial charge >= 0.3 is 6.18 Å². The number of halogens is 3. The number of amides is 1. The molecule has 200 valence electrons. The lowest BCUT2D eigenvalue weighted by Crippen LogP contribution is -2.30. The Balaban J connectivity index is 2.02. The van der Waals surface area contributed by atoms with Crippen molar-refractivity contribution in [3.8, 4) is 5.75 Å². The van der Waals surface area contributed by atoms with Crippen LogP contribution in [0.5, 0.6) is 5.75 Å². The van der Waals surface area contributed by atoms with Gasteiger partial charge in [0.25, 0.3) is 5.91 Å². The standard InChI is InChI=1S/C26H36F3N3O3S/c1-25(2,3)22-16-23(32(31(22)4)17-19-9-8-13-34-19)30-24(33)20-15-18(26(27,28)29)10-11-21(20)35-12-6-7-14-36-5/h10-11,15-16,19H,6-9,12-14,17H2,1-5H3/b30-23+/t19-/m1/s1. The number of hydrogen-bond donors (Lipinski definition) is 0. The Labute approximate surface area is 214 Å². The Morgan fingerprint density at radius 3 is 2.58 bits per heavy atom. The monoisotopic (exact) mass is 527 g/mol. The van der Waals surface area contributed by atoms with Gasteiger partial charge < -0.3 is 9.47 Å². The van der Waals surface area contributed by atoms with Gasteiger partial charge in [0, 0.05) is 30.8 Å². The molecular weight excluding hydrogens is 491 g/mol. The highest BCUT2D eigenvalue weighted by molar-refractivity contribution is 7.98. The summed E-state index contributed by atoms with van der Waals surface area (Å²) in [5.41, 5.74) is -0.0101. The third-order valence-corrected chi connectivity index (χ3v) is 6.86. The summed E-state index contributed by atoms with van der Waals surface area (Å²) in [6, 6.07) is 4.81. The molecule has 1 atom stereocenters. The van der Waals surface area contributed by atoms with Crippen molar-refractivity contribution in [2.75, 3.05) is 25.2 Å². The first kappa shape index (κ1) is 28.4. The molecule has 10 heteroatoms. The van der Waals surface area contributed by atoms with Crippen molar-refractivity contribution in [1.82, 2.24) is 9.36 Å². The summed E-state index contributed by atoms with van der Waals surface area (Å²) < 4.78 is 55.7. The highest BCUT2D eigenvalue weighted by Crippen LogP contribution is 2.33. The molecule has 1 aromatic heterocycles. The fourth-order valence-corrected chi connectivity index (χ4v) is 4.75. The third-order valence-electron chi connectivity index (χ3n) is 6.16. The van der Waals surface area contributed by atoms with Crippen LogP contribution in [-0.2, 0) is 29.9 Å². The highest BCUT2D eigenvalue weighted by Gasteiger charge is 2.32. The van der Waals surface area contributed by atoms with Gasteiger partial charge in [-0.2, -0.15) is 29.9 Å². The number of unbranched alkanes of at least 4 members (excludes halogenated alkanes) is 1. The number of alkyl halides is 3. The van der Waals surface area contributed by atoms with Crippen LogP contribution in [0.15, 0.2) is 29.3 Å². The van der Waals surface area contributed by atoms with E-state index in [0.29, 0.717) is 25.2 Å². The molecular formula is C26H36F3N3O3S. The molecule has 0 bridgehead atoms. The van der Waals surface area contributed by atoms with E-state index in [4.69, 9.17) is 9.47 Å². The molecule has 0 N–H and O–H groups in total. The first-order chi connectivity index (χ1) is 16.9. The minimum Gasteiger partial charge on any atom is -0.493 e. The average Bonchev–Trinajstić information content (AvgIpc) is 3.42. The molecule has 1 fully saturated rings. The molecule has 6 nitrogen and oxygen atoms in total. The van der Waals surface area contributed by atoms with E-state index < -0.39 is 17.6 Å². The molecule has 0 saturated carbocycles. The number of ether oxygens (including phenoxy) is 2. The number of nitrogens with zero attached hydrogens (tertiary/aromatic N) is 3. The van der Waals surface area contributed by atoms with Crippen LogP contribution >= 0.6 is 11.8 Å². The summed E-state index contributed by atoms with van der Waals surface area (Å²) in [4.78, 5) is 17.6. The largest absolute Gasteiger partial charge is 0.493 e. The van der Waals surface area contributed by atoms with Gasteiger partial charge in [-0.05, 0) is 55.9 Å². The fourth-order valence-electron chi connectivity index (χ4n) is 4.26. The Hall–Kier alpha value is -2.20. The quantitative estimate of drug-likeness (QED) is 0.399. The second kappa shape index (κ2) is 11.9. The molecule has 1 amide bonds. The first-order valence-electron chi connectivity index (χ1n) is 12.2. The molecule has 1 saturated heterocycles. The zero-order chi connectivity index (χ0) is 26.5. The fraction of sp³-hybridized carbons (Fsp3) is 0.615. The van der Waals surface area contributed by atoms with E-state index in [9.17, 15) is 18.0 Å². The molecule has 1 aliphatic rings. The smallest absolute Gasteiger partial charge is 0.416 e. The van der Waals surface area contributed by atoms with Crippen LogP contribution in [0.4, 0.5) is 13.2 Å². The van der Waals surface area contributed by atoms with E-state index in [1.54, 1.807) is 11.8 Å². The minimum absolute atomic E-state index is 0.00536. The van der Waals surface area contributed by atoms with Crippen LogP contribution in [0.3, 0.4) is 0 Å². The Kier molecular flexibility index (Phi) is 9.38. The maximum Gasteiger partial charge on any atom is 0.416 e. The SMILES string of the molecule is CSCCCCOc1ccc(C(F)(F)F)cc1C(=O)/N=c1\cc(C(C)(C)C)n(C)n1C[C@H]1CCCO1. The second-order valence-electron chi connectivity index (χ2n) is 10.1. The van der Waals surface area contributed by atoms with Crippen molar-refractivity contribution < 1.29 is 27.4 Å². The minimum atomic E-state index is -4.59. The van der Waals surface area contributed by atoms with Gasteiger partial charge in [0.05, 0.1) is 30.4 Å². The van der Waals surface area contributed by atoms with Gasteiger partial charge in [-0.25, -0.2) is 0 Å². The second-order valence-corrected chi connectivity index (χ2v) is 11.0. The maximum absolute atomic E-state index is 13.5. The molecule has 1 aromatic carbocycles. The van der Waals surface area contributed by atoms with Crippen LogP contribution in [0, 0.1) is 0 Å². The number of carbonyl (C=O) groups is 1. The Bertz CT molecular complexity index is 1110. The zero-order valence-electron chi connectivity index (χ0n) is 21.7. The lowest BCUT2D eigenvalue weighted by atomic mass is 9.92. The van der Waals surface area contributed by atoms with E-state index in [2.05, 4.69) is 25.8 Å². The number of hydrogen-bond acceptors (Lipinski definition) is 4. The number of thioether (sulfide) groups is 1. The van der Waals surface area contributed by atoms with Crippen molar-refractivity contribution in [3.63, 3.8) is 0 Å². The number of aromatic nitrogens is 2. The van der Waals surface area contributed by atoms with Crippen molar-refractivity contribution in [1.29, 1.82) is 0 Å². The van der Waals surface area contributed by atoms with E-state index in [0.717, 1.165) is 49.3 Å². The molecule has 2 aromatic rings. The zero-order valence-corrected chi connectivity index (χ0v) is 22.5. The predicted octanol–water partition coefficient (Wildman–Crippen LogP) is 5.59. The lowest BCUT2D eigenvalue weighted by Gasteiger charge is -2.21. The molecule has 0 unspecified atom stereocenters. The van der Waals surface area contributed by atoms with Gasteiger partial charge in [-0.15, -0.1) is 0 Å². The van der Waals surface area contributed by atoms with E-state index >= 15 is 0 Å². The molecule has 3 rings (SSSR count). The summed E-state index contributed by atoms with van der Waals surface area (Å²) in [5, 5.41) is 0. The summed E-state index contributed by atoms with van der Waals surface area (Å²) in [6.45, 7) is 7.67. The van der Waals surface area contributed by atoms with Gasteiger partial charge in [0.15, 0.2) is 5.49 Å². The molecule has 0 aliphatic carbocycles. The maximum atomic E-state index is 13.5. The number of benzene rings is 1. The Morgan fingerprint density at radius 2 is 1.97 bits per heavy atom. The number of carbonyl (C=O) groups excluding carboxylic acids is 1. The van der Waals surface area contributed by atoms with Gasteiger partial charge in [-0.3, -0.25) is 14.2 Å². The normalized spacial score (nSPS) is 17.1. The summed E-state index contributed by atoms with van der Waals surface area (Å²) >= 11 is 1.72. The van der Waals surface area contributed by atoms with Crippen LogP contribution in [0.2, 0.25) is 0 Å². The van der Waals surface area contributed by atoms with E-state index in [1.807, 2.05) is 28.7 Å². The van der Waals surface area contributed by atoms with Crippen LogP contribution < -0.4 is 10.2 Å². The van der Waals surface area contributed by atoms with E-state index in [1.165, 1.54) is 6.07 Å². The van der Waals surface area contributed by atoms with Crippen LogP contribution in [-0.4, -0.2) is 46.6 Å². The Morgan fingerprint density at radius 1 is 1.22 bits per heavy atom. The van der Waals surface area contributed by atoms with Crippen molar-refractivity contribution in [3.05, 3.63) is 46.6 Å². The number of rotatable bonds is 9. The predicted molar refractivity (Wildman–Crippen MR) is 136 cm³/mol. The average molecular weight is 528 g/mol. The van der Waals surface area contributed by atoms with Gasteiger partial charge in [0.1, 0.15) is 5.75 Å². The van der Waals surface area contributed by atoms with Crippen molar-refractivity contribution in [2.45, 2.75) is 70.7 Å². The summed E-state index contributed by atoms with van der Waals surface area (Å²) in [6.07, 6.45) is 0.939.